The minimum atomic E-state index is -0.838. The first-order chi connectivity index (χ1) is 8.56. The van der Waals surface area contributed by atoms with Gasteiger partial charge in [0.1, 0.15) is 6.10 Å². The highest BCUT2D eigenvalue weighted by Gasteiger charge is 2.13. The molecule has 0 saturated carbocycles. The molecule has 4 nitrogen and oxygen atoms in total. The normalized spacial score (nSPS) is 12.1. The van der Waals surface area contributed by atoms with Crippen molar-refractivity contribution in [1.82, 2.24) is 0 Å². The molecule has 0 radical (unpaired) electrons. The second kappa shape index (κ2) is 11.1. The van der Waals surface area contributed by atoms with E-state index in [-0.39, 0.29) is 18.5 Å². The van der Waals surface area contributed by atoms with Crippen LogP contribution in [0.2, 0.25) is 0 Å². The molecule has 0 aromatic rings. The lowest BCUT2D eigenvalue weighted by Crippen LogP contribution is -2.17. The van der Waals surface area contributed by atoms with Crippen LogP contribution in [0.15, 0.2) is 0 Å². The average Bonchev–Trinajstić information content (AvgIpc) is 2.29. The molecule has 0 saturated heterocycles. The van der Waals surface area contributed by atoms with Crippen LogP contribution in [0, 0.1) is 0 Å². The van der Waals surface area contributed by atoms with Crippen LogP contribution in [0.4, 0.5) is 0 Å². The molecule has 0 rings (SSSR count). The molecule has 0 aliphatic heterocycles. The summed E-state index contributed by atoms with van der Waals surface area (Å²) in [5, 5.41) is 8.62. The Hall–Kier alpha value is -1.06. The van der Waals surface area contributed by atoms with Gasteiger partial charge in [0.25, 0.3) is 0 Å². The van der Waals surface area contributed by atoms with E-state index < -0.39 is 5.97 Å². The summed E-state index contributed by atoms with van der Waals surface area (Å²) in [7, 11) is 0. The summed E-state index contributed by atoms with van der Waals surface area (Å²) in [6.07, 6.45) is 8.12. The van der Waals surface area contributed by atoms with E-state index >= 15 is 0 Å². The summed E-state index contributed by atoms with van der Waals surface area (Å²) in [4.78, 5) is 21.4. The standard InChI is InChI=1S/C14H26O4/c1-3-4-5-6-7-8-9-13(18-12(2)15)10-11-14(16)17/h13H,3-11H2,1-2H3,(H,16,17)/t13-/m0/s1. The lowest BCUT2D eigenvalue weighted by Gasteiger charge is -2.15. The Morgan fingerprint density at radius 1 is 1.06 bits per heavy atom. The molecule has 0 fully saturated rings. The van der Waals surface area contributed by atoms with Crippen molar-refractivity contribution in [2.45, 2.75) is 77.7 Å². The van der Waals surface area contributed by atoms with Gasteiger partial charge in [-0.2, -0.15) is 0 Å². The summed E-state index contributed by atoms with van der Waals surface area (Å²) in [5.74, 6) is -1.16. The second-order valence-electron chi connectivity index (χ2n) is 4.72. The van der Waals surface area contributed by atoms with Gasteiger partial charge >= 0.3 is 11.9 Å². The fourth-order valence-electron chi connectivity index (χ4n) is 1.93. The van der Waals surface area contributed by atoms with Gasteiger partial charge in [-0.1, -0.05) is 39.0 Å². The summed E-state index contributed by atoms with van der Waals surface area (Å²) >= 11 is 0. The van der Waals surface area contributed by atoms with Gasteiger partial charge in [0, 0.05) is 13.3 Å². The van der Waals surface area contributed by atoms with E-state index in [1.165, 1.54) is 32.6 Å². The number of carbonyl (C=O) groups excluding carboxylic acids is 1. The maximum atomic E-state index is 10.9. The molecule has 18 heavy (non-hydrogen) atoms. The number of carbonyl (C=O) groups is 2. The van der Waals surface area contributed by atoms with Crippen LogP contribution in [-0.2, 0) is 14.3 Å². The van der Waals surface area contributed by atoms with E-state index in [1.54, 1.807) is 0 Å². The number of ether oxygens (including phenoxy) is 1. The third-order valence-corrected chi connectivity index (χ3v) is 2.89. The smallest absolute Gasteiger partial charge is 0.303 e. The van der Waals surface area contributed by atoms with Crippen LogP contribution in [-0.4, -0.2) is 23.1 Å². The molecule has 0 aliphatic carbocycles. The Morgan fingerprint density at radius 2 is 1.67 bits per heavy atom. The highest BCUT2D eigenvalue weighted by atomic mass is 16.5. The molecule has 4 heteroatoms. The summed E-state index contributed by atoms with van der Waals surface area (Å²) < 4.78 is 5.13. The van der Waals surface area contributed by atoms with Crippen molar-refractivity contribution in [3.05, 3.63) is 0 Å². The van der Waals surface area contributed by atoms with Crippen molar-refractivity contribution < 1.29 is 19.4 Å². The van der Waals surface area contributed by atoms with E-state index in [4.69, 9.17) is 9.84 Å². The van der Waals surface area contributed by atoms with Crippen LogP contribution in [0.25, 0.3) is 0 Å². The van der Waals surface area contributed by atoms with Crippen LogP contribution in [0.3, 0.4) is 0 Å². The number of hydrogen-bond acceptors (Lipinski definition) is 3. The first kappa shape index (κ1) is 16.9. The van der Waals surface area contributed by atoms with Crippen LogP contribution >= 0.6 is 0 Å². The Balaban J connectivity index is 3.71. The Labute approximate surface area is 110 Å². The molecule has 0 amide bonds. The molecule has 1 atom stereocenters. The highest BCUT2D eigenvalue weighted by molar-refractivity contribution is 5.67. The molecule has 0 aromatic carbocycles. The van der Waals surface area contributed by atoms with Crippen molar-refractivity contribution in [2.75, 3.05) is 0 Å². The van der Waals surface area contributed by atoms with E-state index in [0.29, 0.717) is 6.42 Å². The zero-order valence-electron chi connectivity index (χ0n) is 11.6. The largest absolute Gasteiger partial charge is 0.481 e. The van der Waals surface area contributed by atoms with Crippen LogP contribution < -0.4 is 0 Å². The predicted octanol–water partition coefficient (Wildman–Crippen LogP) is 3.53. The third kappa shape index (κ3) is 11.4. The summed E-state index contributed by atoms with van der Waals surface area (Å²) in [5.41, 5.74) is 0. The van der Waals surface area contributed by atoms with Gasteiger partial charge in [-0.25, -0.2) is 0 Å². The SMILES string of the molecule is CCCCCCCC[C@@H](CCC(=O)O)OC(C)=O. The van der Waals surface area contributed by atoms with Crippen molar-refractivity contribution in [1.29, 1.82) is 0 Å². The van der Waals surface area contributed by atoms with Crippen LogP contribution in [0.5, 0.6) is 0 Å². The van der Waals surface area contributed by atoms with Crippen molar-refractivity contribution in [3.8, 4) is 0 Å². The van der Waals surface area contributed by atoms with Gasteiger partial charge < -0.3 is 9.84 Å². The fraction of sp³-hybridized carbons (Fsp3) is 0.857. The molecule has 0 unspecified atom stereocenters. The number of hydrogen-bond donors (Lipinski definition) is 1. The number of unbranched alkanes of at least 4 members (excludes halogenated alkanes) is 5. The predicted molar refractivity (Wildman–Crippen MR) is 70.4 cm³/mol. The van der Waals surface area contributed by atoms with Gasteiger partial charge in [-0.05, 0) is 19.3 Å². The first-order valence-electron chi connectivity index (χ1n) is 6.95. The number of carboxylic acid groups (broad SMARTS) is 1. The fourth-order valence-corrected chi connectivity index (χ4v) is 1.93. The third-order valence-electron chi connectivity index (χ3n) is 2.89. The summed E-state index contributed by atoms with van der Waals surface area (Å²) in [6, 6.07) is 0. The zero-order chi connectivity index (χ0) is 13.8. The molecular weight excluding hydrogens is 232 g/mol. The Morgan fingerprint density at radius 3 is 2.22 bits per heavy atom. The van der Waals surface area contributed by atoms with Crippen LogP contribution in [0.1, 0.15) is 71.6 Å². The number of carboxylic acids is 1. The minimum absolute atomic E-state index is 0.0633. The molecule has 0 heterocycles. The van der Waals surface area contributed by atoms with Crippen molar-refractivity contribution in [2.24, 2.45) is 0 Å². The van der Waals surface area contributed by atoms with E-state index in [0.717, 1.165) is 19.3 Å². The van der Waals surface area contributed by atoms with E-state index in [2.05, 4.69) is 6.92 Å². The molecule has 106 valence electrons. The zero-order valence-corrected chi connectivity index (χ0v) is 11.6. The van der Waals surface area contributed by atoms with Gasteiger partial charge in [0.2, 0.25) is 0 Å². The topological polar surface area (TPSA) is 63.6 Å². The van der Waals surface area contributed by atoms with Gasteiger partial charge in [-0.15, -0.1) is 0 Å². The second-order valence-corrected chi connectivity index (χ2v) is 4.72. The quantitative estimate of drug-likeness (QED) is 0.455. The number of aliphatic carboxylic acids is 1. The Bertz CT molecular complexity index is 238. The highest BCUT2D eigenvalue weighted by Crippen LogP contribution is 2.14. The van der Waals surface area contributed by atoms with E-state index in [9.17, 15) is 9.59 Å². The summed E-state index contributed by atoms with van der Waals surface area (Å²) in [6.45, 7) is 3.55. The first-order valence-corrected chi connectivity index (χ1v) is 6.95. The van der Waals surface area contributed by atoms with Gasteiger partial charge in [-0.3, -0.25) is 9.59 Å². The number of rotatable bonds is 11. The molecule has 0 spiro atoms. The number of esters is 1. The lowest BCUT2D eigenvalue weighted by atomic mass is 10.0. The van der Waals surface area contributed by atoms with Gasteiger partial charge in [0.15, 0.2) is 0 Å². The van der Waals surface area contributed by atoms with Crippen molar-refractivity contribution in [3.63, 3.8) is 0 Å². The molecule has 1 N–H and O–H groups in total. The minimum Gasteiger partial charge on any atom is -0.481 e. The van der Waals surface area contributed by atoms with Crippen molar-refractivity contribution >= 4 is 11.9 Å². The lowest BCUT2D eigenvalue weighted by molar-refractivity contribution is -0.149. The van der Waals surface area contributed by atoms with E-state index in [1.807, 2.05) is 0 Å². The molecular formula is C14H26O4. The monoisotopic (exact) mass is 258 g/mol. The van der Waals surface area contributed by atoms with Gasteiger partial charge in [0.05, 0.1) is 0 Å². The maximum absolute atomic E-state index is 10.9. The molecule has 0 aromatic heterocycles. The molecule has 0 aliphatic rings. The molecule has 0 bridgehead atoms. The maximum Gasteiger partial charge on any atom is 0.303 e. The average molecular weight is 258 g/mol. The Kier molecular flexibility index (Phi) is 10.4.